The molecule has 1 heterocycles. The number of alkyl halides is 3. The molecule has 0 atom stereocenters. The van der Waals surface area contributed by atoms with Crippen LogP contribution in [-0.4, -0.2) is 12.7 Å². The average Bonchev–Trinajstić information content (AvgIpc) is 2.97. The third kappa shape index (κ3) is 3.22. The topological polar surface area (TPSA) is 47.6 Å². The zero-order valence-corrected chi connectivity index (χ0v) is 13.2. The van der Waals surface area contributed by atoms with Crippen molar-refractivity contribution in [3.63, 3.8) is 0 Å². The molecule has 0 saturated heterocycles. The fourth-order valence-corrected chi connectivity index (χ4v) is 2.61. The summed E-state index contributed by atoms with van der Waals surface area (Å²) < 4.78 is 48.8. The number of amides is 1. The van der Waals surface area contributed by atoms with Crippen molar-refractivity contribution >= 4 is 34.8 Å². The van der Waals surface area contributed by atoms with E-state index in [0.717, 1.165) is 12.1 Å². The zero-order chi connectivity index (χ0) is 17.5. The highest BCUT2D eigenvalue weighted by molar-refractivity contribution is 6.33. The van der Waals surface area contributed by atoms with Gasteiger partial charge in [-0.25, -0.2) is 0 Å². The molecule has 0 radical (unpaired) electrons. The summed E-state index contributed by atoms with van der Waals surface area (Å²) in [4.78, 5) is 12.2. The van der Waals surface area contributed by atoms with Crippen molar-refractivity contribution in [3.05, 3.63) is 51.5 Å². The molecule has 126 valence electrons. The molecular formula is C15H8Cl2F3NO3. The Hall–Kier alpha value is -2.12. The molecule has 9 heteroatoms. The first-order valence-corrected chi connectivity index (χ1v) is 7.28. The molecule has 0 aliphatic carbocycles. The molecule has 3 rings (SSSR count). The lowest BCUT2D eigenvalue weighted by molar-refractivity contribution is -0.137. The third-order valence-electron chi connectivity index (χ3n) is 3.22. The van der Waals surface area contributed by atoms with Gasteiger partial charge >= 0.3 is 6.18 Å². The fraction of sp³-hybridized carbons (Fsp3) is 0.133. The standard InChI is InChI=1S/C15H8Cl2F3NO3/c16-10-2-1-8(5-9(10)15(18,19)20)21-14(22)7-3-11(17)13-12(4-7)23-6-24-13/h1-5H,6H2,(H,21,22). The van der Waals surface area contributed by atoms with Crippen molar-refractivity contribution in [2.75, 3.05) is 12.1 Å². The normalized spacial score (nSPS) is 13.0. The Balaban J connectivity index is 1.87. The van der Waals surface area contributed by atoms with Crippen LogP contribution in [0.25, 0.3) is 0 Å². The van der Waals surface area contributed by atoms with Crippen LogP contribution in [0, 0.1) is 0 Å². The van der Waals surface area contributed by atoms with Crippen molar-refractivity contribution in [1.82, 2.24) is 0 Å². The lowest BCUT2D eigenvalue weighted by Crippen LogP contribution is -2.13. The highest BCUT2D eigenvalue weighted by atomic mass is 35.5. The van der Waals surface area contributed by atoms with Crippen LogP contribution < -0.4 is 14.8 Å². The molecule has 0 spiro atoms. The number of fused-ring (bicyclic) bond motifs is 1. The van der Waals surface area contributed by atoms with Crippen LogP contribution in [0.1, 0.15) is 15.9 Å². The number of benzene rings is 2. The Morgan fingerprint density at radius 3 is 2.54 bits per heavy atom. The summed E-state index contributed by atoms with van der Waals surface area (Å²) in [6.45, 7) is -0.0216. The van der Waals surface area contributed by atoms with E-state index >= 15 is 0 Å². The van der Waals surface area contributed by atoms with Crippen molar-refractivity contribution in [2.45, 2.75) is 6.18 Å². The number of rotatable bonds is 2. The van der Waals surface area contributed by atoms with E-state index in [4.69, 9.17) is 32.7 Å². The number of anilines is 1. The molecular weight excluding hydrogens is 370 g/mol. The van der Waals surface area contributed by atoms with Crippen molar-refractivity contribution in [3.8, 4) is 11.5 Å². The van der Waals surface area contributed by atoms with Crippen LogP contribution in [0.15, 0.2) is 30.3 Å². The van der Waals surface area contributed by atoms with Crippen molar-refractivity contribution < 1.29 is 27.4 Å². The Kier molecular flexibility index (Phi) is 4.23. The predicted molar refractivity (Wildman–Crippen MR) is 82.0 cm³/mol. The maximum Gasteiger partial charge on any atom is 0.417 e. The lowest BCUT2D eigenvalue weighted by Gasteiger charge is -2.12. The summed E-state index contributed by atoms with van der Waals surface area (Å²) in [7, 11) is 0. The van der Waals surface area contributed by atoms with Crippen LogP contribution >= 0.6 is 23.2 Å². The van der Waals surface area contributed by atoms with Gasteiger partial charge in [-0.05, 0) is 30.3 Å². The number of carbonyl (C=O) groups excluding carboxylic acids is 1. The number of hydrogen-bond acceptors (Lipinski definition) is 3. The van der Waals surface area contributed by atoms with Gasteiger partial charge in [0.1, 0.15) is 0 Å². The molecule has 24 heavy (non-hydrogen) atoms. The number of nitrogens with one attached hydrogen (secondary N) is 1. The average molecular weight is 378 g/mol. The van der Waals surface area contributed by atoms with Crippen LogP contribution in [0.3, 0.4) is 0 Å². The van der Waals surface area contributed by atoms with Gasteiger partial charge in [-0.15, -0.1) is 0 Å². The first-order chi connectivity index (χ1) is 11.3. The van der Waals surface area contributed by atoms with Gasteiger partial charge in [0.05, 0.1) is 15.6 Å². The van der Waals surface area contributed by atoms with E-state index in [9.17, 15) is 18.0 Å². The Bertz CT molecular complexity index is 824. The Morgan fingerprint density at radius 2 is 1.83 bits per heavy atom. The van der Waals surface area contributed by atoms with Gasteiger partial charge in [-0.3, -0.25) is 4.79 Å². The summed E-state index contributed by atoms with van der Waals surface area (Å²) in [6, 6.07) is 5.82. The van der Waals surface area contributed by atoms with Gasteiger partial charge in [-0.1, -0.05) is 23.2 Å². The molecule has 0 saturated carbocycles. The molecule has 2 aromatic rings. The molecule has 1 amide bonds. The smallest absolute Gasteiger partial charge is 0.417 e. The van der Waals surface area contributed by atoms with E-state index in [1.165, 1.54) is 18.2 Å². The maximum absolute atomic E-state index is 12.8. The molecule has 1 aliphatic rings. The predicted octanol–water partition coefficient (Wildman–Crippen LogP) is 4.99. The van der Waals surface area contributed by atoms with Gasteiger partial charge in [0.15, 0.2) is 11.5 Å². The summed E-state index contributed by atoms with van der Waals surface area (Å²) in [5.74, 6) is -0.0375. The summed E-state index contributed by atoms with van der Waals surface area (Å²) in [6.07, 6.45) is -4.63. The van der Waals surface area contributed by atoms with Crippen molar-refractivity contribution in [1.29, 1.82) is 0 Å². The number of halogens is 5. The molecule has 0 aromatic heterocycles. The first-order valence-electron chi connectivity index (χ1n) is 6.53. The Morgan fingerprint density at radius 1 is 1.08 bits per heavy atom. The van der Waals surface area contributed by atoms with E-state index in [-0.39, 0.29) is 23.1 Å². The minimum Gasteiger partial charge on any atom is -0.454 e. The molecule has 0 unspecified atom stereocenters. The molecule has 4 nitrogen and oxygen atoms in total. The van der Waals surface area contributed by atoms with Gasteiger partial charge in [0.2, 0.25) is 6.79 Å². The van der Waals surface area contributed by atoms with Gasteiger partial charge < -0.3 is 14.8 Å². The summed E-state index contributed by atoms with van der Waals surface area (Å²) >= 11 is 11.5. The van der Waals surface area contributed by atoms with Crippen LogP contribution in [0.2, 0.25) is 10.0 Å². The fourth-order valence-electron chi connectivity index (χ4n) is 2.12. The van der Waals surface area contributed by atoms with E-state index < -0.39 is 22.7 Å². The second-order valence-electron chi connectivity index (χ2n) is 4.84. The third-order valence-corrected chi connectivity index (χ3v) is 3.83. The zero-order valence-electron chi connectivity index (χ0n) is 11.7. The maximum atomic E-state index is 12.8. The number of ether oxygens (including phenoxy) is 2. The minimum absolute atomic E-state index is 0.0216. The highest BCUT2D eigenvalue weighted by Gasteiger charge is 2.33. The molecule has 2 aromatic carbocycles. The van der Waals surface area contributed by atoms with Crippen LogP contribution in [0.5, 0.6) is 11.5 Å². The SMILES string of the molecule is O=C(Nc1ccc(Cl)c(C(F)(F)F)c1)c1cc(Cl)c2c(c1)OCO2. The minimum atomic E-state index is -4.63. The molecule has 0 bridgehead atoms. The summed E-state index contributed by atoms with van der Waals surface area (Å²) in [5.41, 5.74) is -0.969. The lowest BCUT2D eigenvalue weighted by atomic mass is 10.1. The molecule has 0 fully saturated rings. The van der Waals surface area contributed by atoms with Crippen LogP contribution in [0.4, 0.5) is 18.9 Å². The van der Waals surface area contributed by atoms with Gasteiger partial charge in [0.25, 0.3) is 5.91 Å². The van der Waals surface area contributed by atoms with E-state index in [0.29, 0.717) is 11.5 Å². The number of carbonyl (C=O) groups is 1. The summed E-state index contributed by atoms with van der Waals surface area (Å²) in [5, 5.41) is 2.08. The second-order valence-corrected chi connectivity index (χ2v) is 5.65. The first kappa shape index (κ1) is 16.7. The van der Waals surface area contributed by atoms with E-state index in [2.05, 4.69) is 5.32 Å². The monoisotopic (exact) mass is 377 g/mol. The Labute approximate surface area is 144 Å². The van der Waals surface area contributed by atoms with Crippen LogP contribution in [-0.2, 0) is 6.18 Å². The van der Waals surface area contributed by atoms with Crippen molar-refractivity contribution in [2.24, 2.45) is 0 Å². The highest BCUT2D eigenvalue weighted by Crippen LogP contribution is 2.40. The second kappa shape index (κ2) is 6.07. The number of hydrogen-bond donors (Lipinski definition) is 1. The van der Waals surface area contributed by atoms with E-state index in [1.54, 1.807) is 0 Å². The van der Waals surface area contributed by atoms with Gasteiger partial charge in [-0.2, -0.15) is 13.2 Å². The largest absolute Gasteiger partial charge is 0.454 e. The molecule has 1 aliphatic heterocycles. The quantitative estimate of drug-likeness (QED) is 0.801. The van der Waals surface area contributed by atoms with E-state index in [1.807, 2.05) is 0 Å². The molecule has 1 N–H and O–H groups in total. The van der Waals surface area contributed by atoms with Gasteiger partial charge in [0, 0.05) is 11.3 Å².